The first-order valence-corrected chi connectivity index (χ1v) is 10.5. The number of nitrogens with zero attached hydrogens (tertiary/aromatic N) is 1. The van der Waals surface area contributed by atoms with Gasteiger partial charge in [-0.3, -0.25) is 0 Å². The van der Waals surface area contributed by atoms with Crippen molar-refractivity contribution in [1.82, 2.24) is 9.62 Å². The van der Waals surface area contributed by atoms with Crippen molar-refractivity contribution in [2.24, 2.45) is 0 Å². The first kappa shape index (κ1) is 21.1. The van der Waals surface area contributed by atoms with E-state index in [2.05, 4.69) is 10.6 Å². The van der Waals surface area contributed by atoms with E-state index < -0.39 is 10.0 Å². The van der Waals surface area contributed by atoms with Crippen molar-refractivity contribution in [3.63, 3.8) is 0 Å². The van der Waals surface area contributed by atoms with E-state index in [1.807, 2.05) is 30.3 Å². The number of thiocarbonyl (C=S) groups is 1. The molecule has 146 valence electrons. The van der Waals surface area contributed by atoms with Gasteiger partial charge in [-0.2, -0.15) is 0 Å². The molecule has 2 aromatic rings. The summed E-state index contributed by atoms with van der Waals surface area (Å²) in [5, 5.41) is 6.59. The van der Waals surface area contributed by atoms with E-state index in [1.54, 1.807) is 24.3 Å². The number of para-hydroxylation sites is 1. The Labute approximate surface area is 166 Å². The van der Waals surface area contributed by atoms with Crippen molar-refractivity contribution >= 4 is 33.0 Å². The number of hydrogen-bond donors (Lipinski definition) is 2. The molecule has 2 N–H and O–H groups in total. The smallest absolute Gasteiger partial charge is 0.242 e. The predicted molar refractivity (Wildman–Crippen MR) is 113 cm³/mol. The van der Waals surface area contributed by atoms with Crippen LogP contribution in [0.1, 0.15) is 12.8 Å². The number of unbranched alkanes of at least 4 members (excludes halogenated alkanes) is 1. The van der Waals surface area contributed by atoms with Crippen molar-refractivity contribution in [2.45, 2.75) is 17.7 Å². The van der Waals surface area contributed by atoms with E-state index in [-0.39, 0.29) is 4.90 Å². The van der Waals surface area contributed by atoms with E-state index in [0.29, 0.717) is 24.0 Å². The highest BCUT2D eigenvalue weighted by molar-refractivity contribution is 7.89. The highest BCUT2D eigenvalue weighted by Gasteiger charge is 2.17. The first-order chi connectivity index (χ1) is 12.9. The van der Waals surface area contributed by atoms with Crippen LogP contribution in [0.2, 0.25) is 0 Å². The standard InChI is InChI=1S/C19H25N3O3S2/c1-22(2)27(23,24)18-12-8-9-16(15-18)21-19(26)20-13-6-7-14-25-17-10-4-3-5-11-17/h3-5,8-12,15H,6-7,13-14H2,1-2H3,(H2,20,21,26). The summed E-state index contributed by atoms with van der Waals surface area (Å²) in [6.07, 6.45) is 1.81. The lowest BCUT2D eigenvalue weighted by Gasteiger charge is -2.14. The van der Waals surface area contributed by atoms with Crippen molar-refractivity contribution in [3.05, 3.63) is 54.6 Å². The van der Waals surface area contributed by atoms with E-state index in [4.69, 9.17) is 17.0 Å². The minimum Gasteiger partial charge on any atom is -0.494 e. The molecule has 0 heterocycles. The second-order valence-corrected chi connectivity index (χ2v) is 8.62. The van der Waals surface area contributed by atoms with Crippen molar-refractivity contribution in [3.8, 4) is 5.75 Å². The summed E-state index contributed by atoms with van der Waals surface area (Å²) in [5.74, 6) is 0.871. The second-order valence-electron chi connectivity index (χ2n) is 6.06. The highest BCUT2D eigenvalue weighted by atomic mass is 32.2. The number of sulfonamides is 1. The summed E-state index contributed by atoms with van der Waals surface area (Å²) in [4.78, 5) is 0.221. The number of nitrogens with one attached hydrogen (secondary N) is 2. The summed E-state index contributed by atoms with van der Waals surface area (Å²) in [7, 11) is -0.463. The van der Waals surface area contributed by atoms with Crippen molar-refractivity contribution < 1.29 is 13.2 Å². The lowest BCUT2D eigenvalue weighted by atomic mass is 10.3. The quantitative estimate of drug-likeness (QED) is 0.492. The Morgan fingerprint density at radius 3 is 2.52 bits per heavy atom. The predicted octanol–water partition coefficient (Wildman–Crippen LogP) is 3.08. The van der Waals surface area contributed by atoms with Gasteiger partial charge < -0.3 is 15.4 Å². The third-order valence-electron chi connectivity index (χ3n) is 3.74. The molecular formula is C19H25N3O3S2. The fraction of sp³-hybridized carbons (Fsp3) is 0.316. The van der Waals surface area contributed by atoms with Crippen LogP contribution in [0.15, 0.2) is 59.5 Å². The molecule has 2 aromatic carbocycles. The van der Waals surface area contributed by atoms with Crippen molar-refractivity contribution in [2.75, 3.05) is 32.6 Å². The molecule has 0 aliphatic rings. The molecule has 0 amide bonds. The molecule has 0 aromatic heterocycles. The molecule has 2 rings (SSSR count). The zero-order valence-corrected chi connectivity index (χ0v) is 17.1. The molecule has 27 heavy (non-hydrogen) atoms. The molecule has 6 nitrogen and oxygen atoms in total. The van der Waals surface area contributed by atoms with E-state index >= 15 is 0 Å². The third kappa shape index (κ3) is 6.82. The van der Waals surface area contributed by atoms with Crippen LogP contribution in [0.4, 0.5) is 5.69 Å². The Morgan fingerprint density at radius 1 is 1.07 bits per heavy atom. The lowest BCUT2D eigenvalue weighted by Crippen LogP contribution is -2.29. The minimum atomic E-state index is -3.47. The summed E-state index contributed by atoms with van der Waals surface area (Å²) in [5.41, 5.74) is 0.628. The minimum absolute atomic E-state index is 0.221. The van der Waals surface area contributed by atoms with Crippen molar-refractivity contribution in [1.29, 1.82) is 0 Å². The number of hydrogen-bond acceptors (Lipinski definition) is 4. The summed E-state index contributed by atoms with van der Waals surface area (Å²) < 4.78 is 31.2. The van der Waals surface area contributed by atoms with Gasteiger partial charge in [0.2, 0.25) is 10.0 Å². The molecule has 0 bridgehead atoms. The fourth-order valence-electron chi connectivity index (χ4n) is 2.26. The Morgan fingerprint density at radius 2 is 1.81 bits per heavy atom. The number of ether oxygens (including phenoxy) is 1. The van der Waals surface area contributed by atoms with Gasteiger partial charge in [-0.15, -0.1) is 0 Å². The Bertz CT molecular complexity index is 840. The van der Waals surface area contributed by atoms with Gasteiger partial charge in [-0.1, -0.05) is 24.3 Å². The second kappa shape index (κ2) is 10.2. The van der Waals surface area contributed by atoms with Crippen LogP contribution in [-0.2, 0) is 10.0 Å². The van der Waals surface area contributed by atoms with Gasteiger partial charge in [0.25, 0.3) is 0 Å². The average Bonchev–Trinajstić information content (AvgIpc) is 2.65. The summed E-state index contributed by atoms with van der Waals surface area (Å²) in [6, 6.07) is 16.3. The van der Waals surface area contributed by atoms with Gasteiger partial charge in [0.1, 0.15) is 5.75 Å². The molecule has 0 spiro atoms. The van der Waals surface area contributed by atoms with Crippen LogP contribution in [-0.4, -0.2) is 45.1 Å². The number of rotatable bonds is 9. The van der Waals surface area contributed by atoms with E-state index in [9.17, 15) is 8.42 Å². The third-order valence-corrected chi connectivity index (χ3v) is 5.80. The maximum Gasteiger partial charge on any atom is 0.242 e. The van der Waals surface area contributed by atoms with Crippen LogP contribution in [0.5, 0.6) is 5.75 Å². The molecule has 0 aliphatic heterocycles. The average molecular weight is 408 g/mol. The van der Waals surface area contributed by atoms with Gasteiger partial charge in [0.15, 0.2) is 5.11 Å². The Balaban J connectivity index is 1.71. The van der Waals surface area contributed by atoms with E-state index in [1.165, 1.54) is 18.4 Å². The summed E-state index contributed by atoms with van der Waals surface area (Å²) in [6.45, 7) is 1.36. The number of anilines is 1. The van der Waals surface area contributed by atoms with Gasteiger partial charge in [0, 0.05) is 26.3 Å². The lowest BCUT2D eigenvalue weighted by molar-refractivity contribution is 0.307. The van der Waals surface area contributed by atoms with Gasteiger partial charge >= 0.3 is 0 Å². The van der Waals surface area contributed by atoms with Gasteiger partial charge in [-0.25, -0.2) is 12.7 Å². The van der Waals surface area contributed by atoms with Crippen LogP contribution in [0.3, 0.4) is 0 Å². The zero-order chi connectivity index (χ0) is 19.7. The Hall–Kier alpha value is -2.16. The molecule has 0 saturated carbocycles. The Kier molecular flexibility index (Phi) is 8.02. The highest BCUT2D eigenvalue weighted by Crippen LogP contribution is 2.17. The summed E-state index contributed by atoms with van der Waals surface area (Å²) >= 11 is 5.27. The van der Waals surface area contributed by atoms with Gasteiger partial charge in [-0.05, 0) is 55.4 Å². The van der Waals surface area contributed by atoms with E-state index in [0.717, 1.165) is 18.6 Å². The van der Waals surface area contributed by atoms with Crippen LogP contribution >= 0.6 is 12.2 Å². The molecular weight excluding hydrogens is 382 g/mol. The monoisotopic (exact) mass is 407 g/mol. The fourth-order valence-corrected chi connectivity index (χ4v) is 3.42. The zero-order valence-electron chi connectivity index (χ0n) is 15.5. The van der Waals surface area contributed by atoms with Gasteiger partial charge in [0.05, 0.1) is 11.5 Å². The molecule has 0 atom stereocenters. The molecule has 8 heteroatoms. The maximum absolute atomic E-state index is 12.2. The SMILES string of the molecule is CN(C)S(=O)(=O)c1cccc(NC(=S)NCCCCOc2ccccc2)c1. The molecule has 0 radical (unpaired) electrons. The van der Waals surface area contributed by atoms with Crippen LogP contribution < -0.4 is 15.4 Å². The maximum atomic E-state index is 12.2. The first-order valence-electron chi connectivity index (χ1n) is 8.65. The molecule has 0 fully saturated rings. The normalized spacial score (nSPS) is 11.2. The largest absolute Gasteiger partial charge is 0.494 e. The number of benzene rings is 2. The van der Waals surface area contributed by atoms with Crippen LogP contribution in [0.25, 0.3) is 0 Å². The molecule has 0 saturated heterocycles. The van der Waals surface area contributed by atoms with Crippen LogP contribution in [0, 0.1) is 0 Å². The molecule has 0 unspecified atom stereocenters. The topological polar surface area (TPSA) is 70.7 Å². The molecule has 0 aliphatic carbocycles.